The molecule has 2 rings (SSSR count). The first kappa shape index (κ1) is 14.1. The molecule has 19 heavy (non-hydrogen) atoms. The predicted octanol–water partition coefficient (Wildman–Crippen LogP) is 3.19. The Morgan fingerprint density at radius 2 is 1.89 bits per heavy atom. The largest absolute Gasteiger partial charge is 0.481 e. The van der Waals surface area contributed by atoms with Crippen molar-refractivity contribution < 1.29 is 14.6 Å². The van der Waals surface area contributed by atoms with Gasteiger partial charge >= 0.3 is 5.97 Å². The van der Waals surface area contributed by atoms with Gasteiger partial charge in [0.2, 0.25) is 0 Å². The van der Waals surface area contributed by atoms with Gasteiger partial charge in [-0.25, -0.2) is 0 Å². The second-order valence-corrected chi connectivity index (χ2v) is 6.40. The summed E-state index contributed by atoms with van der Waals surface area (Å²) >= 11 is 0. The number of carbonyl (C=O) groups is 1. The first-order chi connectivity index (χ1) is 8.88. The SMILES string of the molecule is CC(C)(C)c1ccc(C(CC2COC2)C(=O)O)cc1. The van der Waals surface area contributed by atoms with Crippen molar-refractivity contribution in [3.63, 3.8) is 0 Å². The van der Waals surface area contributed by atoms with E-state index >= 15 is 0 Å². The summed E-state index contributed by atoms with van der Waals surface area (Å²) in [7, 11) is 0. The van der Waals surface area contributed by atoms with Crippen LogP contribution >= 0.6 is 0 Å². The molecule has 1 aromatic carbocycles. The van der Waals surface area contributed by atoms with Crippen molar-refractivity contribution in [2.75, 3.05) is 13.2 Å². The number of hydrogen-bond donors (Lipinski definition) is 1. The molecule has 1 atom stereocenters. The Morgan fingerprint density at radius 1 is 1.32 bits per heavy atom. The molecule has 0 aromatic heterocycles. The Kier molecular flexibility index (Phi) is 3.95. The molecule has 3 heteroatoms. The highest BCUT2D eigenvalue weighted by Crippen LogP contribution is 2.30. The third-order valence-electron chi connectivity index (χ3n) is 3.75. The van der Waals surface area contributed by atoms with Crippen molar-refractivity contribution in [1.82, 2.24) is 0 Å². The lowest BCUT2D eigenvalue weighted by molar-refractivity contribution is -0.140. The molecule has 1 aliphatic rings. The maximum Gasteiger partial charge on any atom is 0.310 e. The van der Waals surface area contributed by atoms with Crippen molar-refractivity contribution in [3.8, 4) is 0 Å². The zero-order valence-electron chi connectivity index (χ0n) is 11.8. The molecule has 1 saturated heterocycles. The normalized spacial score (nSPS) is 17.8. The molecule has 0 bridgehead atoms. The fraction of sp³-hybridized carbons (Fsp3) is 0.562. The third-order valence-corrected chi connectivity index (χ3v) is 3.75. The highest BCUT2D eigenvalue weighted by atomic mass is 16.5. The lowest BCUT2D eigenvalue weighted by Gasteiger charge is -2.28. The summed E-state index contributed by atoms with van der Waals surface area (Å²) in [6, 6.07) is 8.00. The summed E-state index contributed by atoms with van der Waals surface area (Å²) in [6.07, 6.45) is 0.671. The fourth-order valence-electron chi connectivity index (χ4n) is 2.35. The summed E-state index contributed by atoms with van der Waals surface area (Å²) < 4.78 is 5.12. The van der Waals surface area contributed by atoms with E-state index in [-0.39, 0.29) is 5.41 Å². The quantitative estimate of drug-likeness (QED) is 0.906. The standard InChI is InChI=1S/C16H22O3/c1-16(2,3)13-6-4-12(5-7-13)14(15(17)18)8-11-9-19-10-11/h4-7,11,14H,8-10H2,1-3H3,(H,17,18). The molecule has 1 unspecified atom stereocenters. The molecule has 0 amide bonds. The topological polar surface area (TPSA) is 46.5 Å². The van der Waals surface area contributed by atoms with Crippen molar-refractivity contribution in [1.29, 1.82) is 0 Å². The minimum Gasteiger partial charge on any atom is -0.481 e. The predicted molar refractivity (Wildman–Crippen MR) is 74.4 cm³/mol. The summed E-state index contributed by atoms with van der Waals surface area (Å²) in [5.74, 6) is -0.762. The van der Waals surface area contributed by atoms with E-state index < -0.39 is 11.9 Å². The number of rotatable bonds is 4. The van der Waals surface area contributed by atoms with Crippen LogP contribution in [0.4, 0.5) is 0 Å². The van der Waals surface area contributed by atoms with Crippen LogP contribution in [0.15, 0.2) is 24.3 Å². The van der Waals surface area contributed by atoms with Crippen LogP contribution in [-0.2, 0) is 14.9 Å². The molecule has 1 heterocycles. The van der Waals surface area contributed by atoms with Gasteiger partial charge in [-0.3, -0.25) is 4.79 Å². The molecule has 0 saturated carbocycles. The van der Waals surface area contributed by atoms with Crippen molar-refractivity contribution >= 4 is 5.97 Å². The van der Waals surface area contributed by atoms with Crippen molar-refractivity contribution in [2.24, 2.45) is 5.92 Å². The van der Waals surface area contributed by atoms with E-state index in [9.17, 15) is 9.90 Å². The Morgan fingerprint density at radius 3 is 2.26 bits per heavy atom. The molecule has 1 fully saturated rings. The van der Waals surface area contributed by atoms with Gasteiger partial charge in [-0.05, 0) is 23.0 Å². The summed E-state index contributed by atoms with van der Waals surface area (Å²) in [6.45, 7) is 7.86. The van der Waals surface area contributed by atoms with Crippen LogP contribution < -0.4 is 0 Å². The van der Waals surface area contributed by atoms with Crippen LogP contribution in [0.2, 0.25) is 0 Å². The second-order valence-electron chi connectivity index (χ2n) is 6.40. The smallest absolute Gasteiger partial charge is 0.310 e. The van der Waals surface area contributed by atoms with Crippen molar-refractivity contribution in [2.45, 2.75) is 38.5 Å². The molecule has 1 N–H and O–H groups in total. The van der Waals surface area contributed by atoms with Gasteiger partial charge in [0.1, 0.15) is 0 Å². The van der Waals surface area contributed by atoms with E-state index in [1.807, 2.05) is 24.3 Å². The number of carboxylic acids is 1. The second kappa shape index (κ2) is 5.33. The van der Waals surface area contributed by atoms with E-state index in [2.05, 4.69) is 20.8 Å². The number of ether oxygens (including phenoxy) is 1. The van der Waals surface area contributed by atoms with Crippen LogP contribution in [-0.4, -0.2) is 24.3 Å². The highest BCUT2D eigenvalue weighted by Gasteiger charge is 2.28. The van der Waals surface area contributed by atoms with Crippen LogP contribution in [0.25, 0.3) is 0 Å². The first-order valence-electron chi connectivity index (χ1n) is 6.79. The molecule has 104 valence electrons. The lowest BCUT2D eigenvalue weighted by atomic mass is 9.83. The average Bonchev–Trinajstić information content (AvgIpc) is 2.26. The number of hydrogen-bond acceptors (Lipinski definition) is 2. The van der Waals surface area contributed by atoms with Gasteiger partial charge in [-0.2, -0.15) is 0 Å². The Bertz CT molecular complexity index is 438. The average molecular weight is 262 g/mol. The van der Waals surface area contributed by atoms with Crippen molar-refractivity contribution in [3.05, 3.63) is 35.4 Å². The monoisotopic (exact) mass is 262 g/mol. The van der Waals surface area contributed by atoms with E-state index in [1.165, 1.54) is 5.56 Å². The van der Waals surface area contributed by atoms with E-state index in [0.29, 0.717) is 25.6 Å². The highest BCUT2D eigenvalue weighted by molar-refractivity contribution is 5.76. The fourth-order valence-corrected chi connectivity index (χ4v) is 2.35. The molecule has 0 aliphatic carbocycles. The van der Waals surface area contributed by atoms with Gasteiger partial charge in [0.25, 0.3) is 0 Å². The van der Waals surface area contributed by atoms with E-state index in [0.717, 1.165) is 5.56 Å². The Labute approximate surface area is 114 Å². The Balaban J connectivity index is 2.15. The van der Waals surface area contributed by atoms with E-state index in [1.54, 1.807) is 0 Å². The summed E-state index contributed by atoms with van der Waals surface area (Å²) in [4.78, 5) is 11.4. The van der Waals surface area contributed by atoms with Gasteiger partial charge < -0.3 is 9.84 Å². The lowest BCUT2D eigenvalue weighted by Crippen LogP contribution is -2.30. The maximum atomic E-state index is 11.4. The van der Waals surface area contributed by atoms with Crippen LogP contribution in [0.1, 0.15) is 44.2 Å². The van der Waals surface area contributed by atoms with Gasteiger partial charge in [0.05, 0.1) is 19.1 Å². The molecule has 1 aliphatic heterocycles. The first-order valence-corrected chi connectivity index (χ1v) is 6.79. The molecular weight excluding hydrogens is 240 g/mol. The molecular formula is C16H22O3. The molecule has 0 spiro atoms. The molecule has 3 nitrogen and oxygen atoms in total. The third kappa shape index (κ3) is 3.35. The summed E-state index contributed by atoms with van der Waals surface area (Å²) in [5, 5.41) is 9.38. The van der Waals surface area contributed by atoms with Gasteiger partial charge in [-0.1, -0.05) is 45.0 Å². The number of benzene rings is 1. The Hall–Kier alpha value is -1.35. The van der Waals surface area contributed by atoms with Gasteiger partial charge in [0.15, 0.2) is 0 Å². The minimum absolute atomic E-state index is 0.0963. The van der Waals surface area contributed by atoms with Crippen LogP contribution in [0, 0.1) is 5.92 Å². The van der Waals surface area contributed by atoms with Gasteiger partial charge in [-0.15, -0.1) is 0 Å². The zero-order chi connectivity index (χ0) is 14.0. The minimum atomic E-state index is -0.740. The summed E-state index contributed by atoms with van der Waals surface area (Å²) in [5.41, 5.74) is 2.22. The molecule has 1 aromatic rings. The maximum absolute atomic E-state index is 11.4. The van der Waals surface area contributed by atoms with Crippen LogP contribution in [0.5, 0.6) is 0 Å². The number of carboxylic acid groups (broad SMARTS) is 1. The zero-order valence-corrected chi connectivity index (χ0v) is 11.8. The van der Waals surface area contributed by atoms with E-state index in [4.69, 9.17) is 4.74 Å². The van der Waals surface area contributed by atoms with Gasteiger partial charge in [0, 0.05) is 5.92 Å². The van der Waals surface area contributed by atoms with Crippen LogP contribution in [0.3, 0.4) is 0 Å². The number of aliphatic carboxylic acids is 1. The molecule has 0 radical (unpaired) electrons.